The lowest BCUT2D eigenvalue weighted by Crippen LogP contribution is -2.12. The van der Waals surface area contributed by atoms with E-state index in [4.69, 9.17) is 0 Å². The molecule has 162 valence electrons. The van der Waals surface area contributed by atoms with Gasteiger partial charge in [-0.2, -0.15) is 11.8 Å². The van der Waals surface area contributed by atoms with Gasteiger partial charge in [-0.1, -0.05) is 138 Å². The van der Waals surface area contributed by atoms with Crippen molar-refractivity contribution >= 4 is 11.8 Å². The third kappa shape index (κ3) is 189. The van der Waals surface area contributed by atoms with Crippen LogP contribution in [0.5, 0.6) is 0 Å². The largest absolute Gasteiger partial charge is 0.159 e. The number of thioether (sulfide) groups is 1. The third-order valence-corrected chi connectivity index (χ3v) is 2.71. The van der Waals surface area contributed by atoms with Gasteiger partial charge in [0, 0.05) is 4.75 Å². The fourth-order valence-corrected chi connectivity index (χ4v) is 1.11. The van der Waals surface area contributed by atoms with Gasteiger partial charge in [-0.15, -0.1) is 0 Å². The summed E-state index contributed by atoms with van der Waals surface area (Å²) < 4.78 is 0.509. The first-order chi connectivity index (χ1) is 11.6. The average molecular weight is 373 g/mol. The molecule has 0 aliphatic heterocycles. The minimum Gasteiger partial charge on any atom is -0.159 e. The van der Waals surface area contributed by atoms with Crippen molar-refractivity contribution in [2.75, 3.05) is 6.26 Å². The molecule has 24 heavy (non-hydrogen) atoms. The second-order valence-electron chi connectivity index (χ2n) is 2.71. The van der Waals surface area contributed by atoms with E-state index in [2.05, 4.69) is 27.0 Å². The van der Waals surface area contributed by atoms with Crippen molar-refractivity contribution in [1.82, 2.24) is 0 Å². The first-order valence-corrected chi connectivity index (χ1v) is 12.4. The van der Waals surface area contributed by atoms with Gasteiger partial charge in [0.2, 0.25) is 0 Å². The fourth-order valence-electron chi connectivity index (χ4n) is 0.704. The van der Waals surface area contributed by atoms with Gasteiger partial charge >= 0.3 is 0 Å². The molecule has 0 radical (unpaired) electrons. The summed E-state index contributed by atoms with van der Waals surface area (Å²) in [6, 6.07) is 0. The lowest BCUT2D eigenvalue weighted by Gasteiger charge is -2.20. The molecule has 0 aliphatic carbocycles. The van der Waals surface area contributed by atoms with Crippen LogP contribution in [0.4, 0.5) is 0 Å². The van der Waals surface area contributed by atoms with E-state index >= 15 is 0 Å². The van der Waals surface area contributed by atoms with Crippen LogP contribution >= 0.6 is 11.8 Å². The molecular weight excluding hydrogens is 308 g/mol. The topological polar surface area (TPSA) is 0 Å². The molecule has 0 aromatic carbocycles. The van der Waals surface area contributed by atoms with Crippen LogP contribution in [0.15, 0.2) is 0 Å². The maximum atomic E-state index is 2.29. The molecule has 0 atom stereocenters. The minimum atomic E-state index is 0.509. The van der Waals surface area contributed by atoms with Gasteiger partial charge in [-0.3, -0.25) is 0 Å². The number of hydrogen-bond donors (Lipinski definition) is 0. The second-order valence-corrected chi connectivity index (χ2v) is 4.23. The highest BCUT2D eigenvalue weighted by molar-refractivity contribution is 7.99. The Morgan fingerprint density at radius 2 is 0.667 bits per heavy atom. The Hall–Kier alpha value is 0.350. The molecule has 0 saturated heterocycles. The summed E-state index contributed by atoms with van der Waals surface area (Å²) in [5, 5.41) is 0. The normalized spacial score (nSPS) is 6.00. The van der Waals surface area contributed by atoms with E-state index in [0.29, 0.717) is 4.75 Å². The predicted octanol–water partition coefficient (Wildman–Crippen LogP) is 11.1. The Kier molecular flexibility index (Phi) is 313. The van der Waals surface area contributed by atoms with E-state index in [1.807, 2.05) is 123 Å². The zero-order valence-corrected chi connectivity index (χ0v) is 23.1. The summed E-state index contributed by atoms with van der Waals surface area (Å²) >= 11 is 1.95. The Labute approximate surface area is 167 Å². The highest BCUT2D eigenvalue weighted by Crippen LogP contribution is 2.25. The highest BCUT2D eigenvalue weighted by Gasteiger charge is 2.12. The fraction of sp³-hybridized carbons (Fsp3) is 1.00. The average Bonchev–Trinajstić information content (AvgIpc) is 2.74. The minimum absolute atomic E-state index is 0.509. The Balaban J connectivity index is -0.0000000172. The summed E-state index contributed by atoms with van der Waals surface area (Å²) in [6.45, 7) is 38.8. The van der Waals surface area contributed by atoms with Crippen LogP contribution < -0.4 is 0 Å². The van der Waals surface area contributed by atoms with Crippen molar-refractivity contribution in [3.05, 3.63) is 0 Å². The molecular formula is C23H64S. The molecule has 0 unspecified atom stereocenters. The van der Waals surface area contributed by atoms with E-state index < -0.39 is 0 Å². The summed E-state index contributed by atoms with van der Waals surface area (Å²) in [5.74, 6) is 0. The van der Waals surface area contributed by atoms with Crippen molar-refractivity contribution in [2.24, 2.45) is 0 Å². The maximum Gasteiger partial charge on any atom is 0.0100 e. The molecule has 0 amide bonds. The van der Waals surface area contributed by atoms with E-state index in [1.165, 1.54) is 12.8 Å². The second kappa shape index (κ2) is 133. The van der Waals surface area contributed by atoms with Crippen molar-refractivity contribution < 1.29 is 0 Å². The summed E-state index contributed by atoms with van der Waals surface area (Å²) in [4.78, 5) is 0. The molecule has 0 spiro atoms. The standard InChI is InChI=1S/C7H16S.8C2H6/c1-5-6-7(2,3)8-4;8*1-2/h5-6H2,1-4H3;8*1-2H3. The molecule has 0 fully saturated rings. The van der Waals surface area contributed by atoms with Crippen LogP contribution in [0.3, 0.4) is 0 Å². The summed E-state index contributed by atoms with van der Waals surface area (Å²) in [7, 11) is 0. The molecule has 0 aromatic heterocycles. The number of hydrogen-bond acceptors (Lipinski definition) is 1. The van der Waals surface area contributed by atoms with Crippen LogP contribution in [0.2, 0.25) is 0 Å². The van der Waals surface area contributed by atoms with E-state index in [1.54, 1.807) is 0 Å². The zero-order chi connectivity index (χ0) is 22.6. The Bertz CT molecular complexity index is 59.1. The summed E-state index contributed by atoms with van der Waals surface area (Å²) in [5.41, 5.74) is 0. The van der Waals surface area contributed by atoms with Crippen LogP contribution in [0.25, 0.3) is 0 Å². The van der Waals surface area contributed by atoms with Crippen LogP contribution in [0.1, 0.15) is 144 Å². The molecule has 0 nitrogen and oxygen atoms in total. The molecule has 0 N–H and O–H groups in total. The highest BCUT2D eigenvalue weighted by atomic mass is 32.2. The third-order valence-electron chi connectivity index (χ3n) is 1.40. The Morgan fingerprint density at radius 3 is 0.708 bits per heavy atom. The van der Waals surface area contributed by atoms with Gasteiger partial charge in [-0.25, -0.2) is 0 Å². The van der Waals surface area contributed by atoms with Crippen LogP contribution in [0, 0.1) is 0 Å². The molecule has 0 saturated carbocycles. The van der Waals surface area contributed by atoms with Crippen molar-refractivity contribution in [3.63, 3.8) is 0 Å². The predicted molar refractivity (Wildman–Crippen MR) is 133 cm³/mol. The first-order valence-electron chi connectivity index (χ1n) is 11.2. The van der Waals surface area contributed by atoms with Crippen molar-refractivity contribution in [3.8, 4) is 0 Å². The molecule has 0 heterocycles. The lowest BCUT2D eigenvalue weighted by molar-refractivity contribution is 0.628. The SMILES string of the molecule is CC.CC.CC.CC.CC.CC.CC.CC.CCCC(C)(C)SC. The van der Waals surface area contributed by atoms with Crippen LogP contribution in [-0.2, 0) is 0 Å². The van der Waals surface area contributed by atoms with Crippen molar-refractivity contribution in [2.45, 2.75) is 149 Å². The number of rotatable bonds is 3. The smallest absolute Gasteiger partial charge is 0.0100 e. The monoisotopic (exact) mass is 372 g/mol. The maximum absolute atomic E-state index is 2.29. The lowest BCUT2D eigenvalue weighted by atomic mass is 10.1. The van der Waals surface area contributed by atoms with Gasteiger partial charge in [0.15, 0.2) is 0 Å². The van der Waals surface area contributed by atoms with Crippen molar-refractivity contribution in [1.29, 1.82) is 0 Å². The molecule has 0 bridgehead atoms. The van der Waals surface area contributed by atoms with Gasteiger partial charge < -0.3 is 0 Å². The van der Waals surface area contributed by atoms with Gasteiger partial charge in [0.1, 0.15) is 0 Å². The molecule has 0 rings (SSSR count). The van der Waals surface area contributed by atoms with Gasteiger partial charge in [0.05, 0.1) is 0 Å². The first kappa shape index (κ1) is 56.3. The molecule has 0 aliphatic rings. The quantitative estimate of drug-likeness (QED) is 0.474. The van der Waals surface area contributed by atoms with Gasteiger partial charge in [0.25, 0.3) is 0 Å². The van der Waals surface area contributed by atoms with E-state index in [9.17, 15) is 0 Å². The van der Waals surface area contributed by atoms with Crippen LogP contribution in [-0.4, -0.2) is 11.0 Å². The molecule has 1 heteroatoms. The van der Waals surface area contributed by atoms with E-state index in [0.717, 1.165) is 0 Å². The Morgan fingerprint density at radius 1 is 0.500 bits per heavy atom. The van der Waals surface area contributed by atoms with E-state index in [-0.39, 0.29) is 0 Å². The molecule has 0 aromatic rings. The summed E-state index contributed by atoms with van der Waals surface area (Å²) in [6.07, 6.45) is 4.80. The van der Waals surface area contributed by atoms with Gasteiger partial charge in [-0.05, 0) is 12.7 Å². The zero-order valence-electron chi connectivity index (χ0n) is 22.3.